The molecule has 0 saturated heterocycles. The summed E-state index contributed by atoms with van der Waals surface area (Å²) in [6.45, 7) is 1.51. The molecule has 0 aliphatic carbocycles. The number of aliphatic hydroxyl groups is 1. The second-order valence-corrected chi connectivity index (χ2v) is 6.04. The van der Waals surface area contributed by atoms with Crippen molar-refractivity contribution in [1.29, 1.82) is 0 Å². The average Bonchev–Trinajstić information content (AvgIpc) is 2.53. The molecule has 144 valence electrons. The predicted octanol–water partition coefficient (Wildman–Crippen LogP) is -2.19. The number of nitrogens with one attached hydrogen (secondary N) is 1. The normalized spacial score (nSPS) is 14.4. The standard InChI is InChI=1S/C15H16ClF3N2O5.Na/c1-7(12(23)24)21(3)11(22)8-4-5-10(9(16)6-8)20-13(25)14(2,26)15(17,18)19;/h4-7,26H,1-3H3,(H,20,25)(H,23,24);/q;+1/p-1/t7-,14+;/m0./s1. The monoisotopic (exact) mass is 418 g/mol. The molecule has 0 radical (unpaired) electrons. The number of alkyl halides is 3. The molecule has 0 aliphatic heterocycles. The van der Waals surface area contributed by atoms with Gasteiger partial charge in [-0.3, -0.25) is 9.59 Å². The third-order valence-electron chi connectivity index (χ3n) is 3.70. The van der Waals surface area contributed by atoms with Crippen LogP contribution >= 0.6 is 11.6 Å². The van der Waals surface area contributed by atoms with E-state index in [2.05, 4.69) is 0 Å². The fourth-order valence-corrected chi connectivity index (χ4v) is 1.89. The zero-order valence-corrected chi connectivity index (χ0v) is 17.6. The van der Waals surface area contributed by atoms with Crippen LogP contribution in [0.2, 0.25) is 5.02 Å². The summed E-state index contributed by atoms with van der Waals surface area (Å²) in [5.41, 5.74) is -3.98. The predicted molar refractivity (Wildman–Crippen MR) is 83.3 cm³/mol. The van der Waals surface area contributed by atoms with Gasteiger partial charge in [0.1, 0.15) is 0 Å². The molecule has 1 aromatic carbocycles. The maximum Gasteiger partial charge on any atom is 1.00 e. The molecule has 0 aliphatic rings. The van der Waals surface area contributed by atoms with E-state index in [0.29, 0.717) is 0 Å². The number of halogens is 4. The molecular formula is C15H15ClF3N2NaO5. The number of carboxylic acid groups (broad SMARTS) is 1. The van der Waals surface area contributed by atoms with Crippen LogP contribution in [0, 0.1) is 0 Å². The summed E-state index contributed by atoms with van der Waals surface area (Å²) in [6, 6.07) is 1.99. The maximum absolute atomic E-state index is 12.6. The molecule has 1 aromatic rings. The SMILES string of the molecule is C[C@@H](C(=O)[O-])N(C)C(=O)c1ccc(NC(=O)[C@@](C)(O)C(F)(F)F)c(Cl)c1.[Na+]. The Labute approximate surface area is 179 Å². The zero-order chi connectivity index (χ0) is 20.4. The number of aliphatic carboxylic acids is 1. The largest absolute Gasteiger partial charge is 1.00 e. The second kappa shape index (κ2) is 9.24. The quantitative estimate of drug-likeness (QED) is 0.528. The Morgan fingerprint density at radius 3 is 2.22 bits per heavy atom. The Kier molecular flexibility index (Phi) is 8.79. The Balaban J connectivity index is 0.00000676. The van der Waals surface area contributed by atoms with E-state index in [4.69, 9.17) is 11.6 Å². The Morgan fingerprint density at radius 1 is 1.30 bits per heavy atom. The minimum atomic E-state index is -5.21. The van der Waals surface area contributed by atoms with Crippen LogP contribution in [0.1, 0.15) is 24.2 Å². The first-order valence-corrected chi connectivity index (χ1v) is 7.46. The van der Waals surface area contributed by atoms with Crippen molar-refractivity contribution < 1.29 is 67.3 Å². The molecule has 2 atom stereocenters. The number of hydrogen-bond donors (Lipinski definition) is 2. The van der Waals surface area contributed by atoms with E-state index in [1.807, 2.05) is 5.32 Å². The van der Waals surface area contributed by atoms with Crippen LogP contribution in [-0.2, 0) is 9.59 Å². The number of hydrogen-bond acceptors (Lipinski definition) is 5. The molecule has 0 aromatic heterocycles. The van der Waals surface area contributed by atoms with Crippen molar-refractivity contribution in [3.05, 3.63) is 28.8 Å². The van der Waals surface area contributed by atoms with Crippen molar-refractivity contribution in [2.24, 2.45) is 0 Å². The summed E-state index contributed by atoms with van der Waals surface area (Å²) in [6.07, 6.45) is -5.21. The van der Waals surface area contributed by atoms with E-state index >= 15 is 0 Å². The smallest absolute Gasteiger partial charge is 0.548 e. The van der Waals surface area contributed by atoms with Crippen LogP contribution in [0.3, 0.4) is 0 Å². The topological polar surface area (TPSA) is 110 Å². The van der Waals surface area contributed by atoms with E-state index in [-0.39, 0.29) is 52.8 Å². The van der Waals surface area contributed by atoms with Gasteiger partial charge in [-0.25, -0.2) is 0 Å². The van der Waals surface area contributed by atoms with Gasteiger partial charge in [0.2, 0.25) is 5.60 Å². The van der Waals surface area contributed by atoms with Crippen LogP contribution in [0.25, 0.3) is 0 Å². The molecule has 0 saturated carbocycles. The molecular weight excluding hydrogens is 404 g/mol. The number of nitrogens with zero attached hydrogens (tertiary/aromatic N) is 1. The number of carboxylic acids is 1. The first-order valence-electron chi connectivity index (χ1n) is 7.08. The van der Waals surface area contributed by atoms with E-state index < -0.39 is 35.6 Å². The van der Waals surface area contributed by atoms with Crippen molar-refractivity contribution in [3.8, 4) is 0 Å². The van der Waals surface area contributed by atoms with Gasteiger partial charge in [-0.05, 0) is 32.0 Å². The summed E-state index contributed by atoms with van der Waals surface area (Å²) in [7, 11) is 1.22. The molecule has 0 heterocycles. The number of amides is 2. The number of likely N-dealkylation sites (N-methyl/N-ethyl adjacent to an activating group) is 1. The number of carbonyl (C=O) groups excluding carboxylic acids is 3. The molecule has 0 unspecified atom stereocenters. The molecule has 12 heteroatoms. The van der Waals surface area contributed by atoms with Gasteiger partial charge in [0.15, 0.2) is 0 Å². The van der Waals surface area contributed by atoms with E-state index in [1.165, 1.54) is 14.0 Å². The average molecular weight is 419 g/mol. The number of anilines is 1. The first kappa shape index (κ1) is 25.7. The molecule has 27 heavy (non-hydrogen) atoms. The van der Waals surface area contributed by atoms with E-state index in [0.717, 1.165) is 23.1 Å². The van der Waals surface area contributed by atoms with Crippen LogP contribution in [-0.4, -0.2) is 52.7 Å². The van der Waals surface area contributed by atoms with Crippen molar-refractivity contribution in [2.45, 2.75) is 31.7 Å². The van der Waals surface area contributed by atoms with Gasteiger partial charge >= 0.3 is 35.7 Å². The van der Waals surface area contributed by atoms with Crippen LogP contribution < -0.4 is 40.0 Å². The minimum Gasteiger partial charge on any atom is -0.548 e. The summed E-state index contributed by atoms with van der Waals surface area (Å²) in [5.74, 6) is -3.97. The van der Waals surface area contributed by atoms with Crippen molar-refractivity contribution >= 4 is 35.1 Å². The number of benzene rings is 1. The fourth-order valence-electron chi connectivity index (χ4n) is 1.66. The van der Waals surface area contributed by atoms with Crippen molar-refractivity contribution in [2.75, 3.05) is 12.4 Å². The molecule has 2 amide bonds. The van der Waals surface area contributed by atoms with E-state index in [1.54, 1.807) is 0 Å². The molecule has 1 rings (SSSR count). The van der Waals surface area contributed by atoms with Crippen molar-refractivity contribution in [3.63, 3.8) is 0 Å². The van der Waals surface area contributed by atoms with Gasteiger partial charge in [-0.15, -0.1) is 0 Å². The zero-order valence-electron chi connectivity index (χ0n) is 14.8. The molecule has 0 bridgehead atoms. The van der Waals surface area contributed by atoms with Gasteiger partial charge < -0.3 is 25.2 Å². The third kappa shape index (κ3) is 5.82. The third-order valence-corrected chi connectivity index (χ3v) is 4.01. The summed E-state index contributed by atoms with van der Waals surface area (Å²) in [5, 5.41) is 21.6. The summed E-state index contributed by atoms with van der Waals surface area (Å²) < 4.78 is 37.9. The minimum absolute atomic E-state index is 0. The molecule has 0 spiro atoms. The van der Waals surface area contributed by atoms with Gasteiger partial charge in [-0.1, -0.05) is 11.6 Å². The van der Waals surface area contributed by atoms with Crippen LogP contribution in [0.5, 0.6) is 0 Å². The van der Waals surface area contributed by atoms with Crippen LogP contribution in [0.4, 0.5) is 18.9 Å². The Morgan fingerprint density at radius 2 is 1.81 bits per heavy atom. The second-order valence-electron chi connectivity index (χ2n) is 5.63. The van der Waals surface area contributed by atoms with Gasteiger partial charge in [0.25, 0.3) is 11.8 Å². The summed E-state index contributed by atoms with van der Waals surface area (Å²) in [4.78, 5) is 35.5. The maximum atomic E-state index is 12.6. The van der Waals surface area contributed by atoms with Gasteiger partial charge in [0, 0.05) is 12.6 Å². The Hall–Kier alpha value is -1.33. The summed E-state index contributed by atoms with van der Waals surface area (Å²) >= 11 is 5.85. The molecule has 0 fully saturated rings. The molecule has 2 N–H and O–H groups in total. The number of carbonyl (C=O) groups is 3. The van der Waals surface area contributed by atoms with Crippen LogP contribution in [0.15, 0.2) is 18.2 Å². The van der Waals surface area contributed by atoms with E-state index in [9.17, 15) is 37.8 Å². The number of rotatable bonds is 5. The fraction of sp³-hybridized carbons (Fsp3) is 0.400. The van der Waals surface area contributed by atoms with Gasteiger partial charge in [0.05, 0.1) is 22.7 Å². The van der Waals surface area contributed by atoms with Crippen molar-refractivity contribution in [1.82, 2.24) is 4.90 Å². The molecule has 7 nitrogen and oxygen atoms in total. The van der Waals surface area contributed by atoms with Gasteiger partial charge in [-0.2, -0.15) is 13.2 Å². The first-order chi connectivity index (χ1) is 11.7. The Bertz CT molecular complexity index is 743.